The molecule has 6 nitrogen and oxygen atoms in total. The van der Waals surface area contributed by atoms with E-state index < -0.39 is 5.67 Å². The van der Waals surface area contributed by atoms with Crippen molar-refractivity contribution in [2.75, 3.05) is 39.3 Å². The maximum absolute atomic E-state index is 16.0. The highest BCUT2D eigenvalue weighted by Crippen LogP contribution is 2.39. The molecule has 0 atom stereocenters. The summed E-state index contributed by atoms with van der Waals surface area (Å²) in [6.45, 7) is 11.3. The number of nitrogens with zero attached hydrogens (tertiary/aromatic N) is 5. The Balaban J connectivity index is 1.18. The Labute approximate surface area is 203 Å². The van der Waals surface area contributed by atoms with Crippen molar-refractivity contribution in [2.24, 2.45) is 5.92 Å². The Morgan fingerprint density at radius 1 is 1.12 bits per heavy atom. The van der Waals surface area contributed by atoms with Gasteiger partial charge >= 0.3 is 0 Å². The maximum Gasteiger partial charge on any atom is 0.298 e. The number of likely N-dealkylation sites (tertiary alicyclic amines) is 2. The predicted octanol–water partition coefficient (Wildman–Crippen LogP) is 5.37. The van der Waals surface area contributed by atoms with Crippen molar-refractivity contribution in [3.8, 4) is 6.01 Å². The summed E-state index contributed by atoms with van der Waals surface area (Å²) in [5, 5.41) is 0. The fourth-order valence-corrected chi connectivity index (χ4v) is 6.26. The standard InChI is InChI=1S/C27H40FN5O/c1-3-34-26-30-24-10-7-15-29-25(24)33(26)23-11-16-32(17-12-23)21(2)27(28)13-18-31(19-14-27)20-22-8-5-4-6-9-22/h7,10,15,22-23H,2-6,8-9,11-14,16-20H2,1H3. The summed E-state index contributed by atoms with van der Waals surface area (Å²) in [5.74, 6) is 0.818. The predicted molar refractivity (Wildman–Crippen MR) is 134 cm³/mol. The highest BCUT2D eigenvalue weighted by Gasteiger charge is 2.41. The SMILES string of the molecule is C=C(N1CCC(n2c(OCC)nc3cccnc32)CC1)C1(F)CCN(CC2CCCCC2)CC1. The van der Waals surface area contributed by atoms with Crippen molar-refractivity contribution in [2.45, 2.75) is 76.4 Å². The minimum Gasteiger partial charge on any atom is -0.465 e. The molecule has 2 aromatic rings. The van der Waals surface area contributed by atoms with Crippen molar-refractivity contribution >= 4 is 11.2 Å². The van der Waals surface area contributed by atoms with Gasteiger partial charge in [-0.2, -0.15) is 4.98 Å². The molecule has 0 spiro atoms. The Morgan fingerprint density at radius 3 is 2.56 bits per heavy atom. The lowest BCUT2D eigenvalue weighted by Gasteiger charge is -2.44. The van der Waals surface area contributed by atoms with Crippen LogP contribution in [0.15, 0.2) is 30.6 Å². The molecule has 1 saturated carbocycles. The zero-order valence-electron chi connectivity index (χ0n) is 20.7. The van der Waals surface area contributed by atoms with Gasteiger partial charge < -0.3 is 14.5 Å². The van der Waals surface area contributed by atoms with Crippen molar-refractivity contribution in [3.63, 3.8) is 0 Å². The molecule has 0 aromatic carbocycles. The van der Waals surface area contributed by atoms with Crippen molar-refractivity contribution < 1.29 is 9.13 Å². The van der Waals surface area contributed by atoms with Crippen LogP contribution >= 0.6 is 0 Å². The van der Waals surface area contributed by atoms with E-state index >= 15 is 4.39 Å². The number of fused-ring (bicyclic) bond motifs is 1. The lowest BCUT2D eigenvalue weighted by molar-refractivity contribution is 0.0463. The molecule has 5 rings (SSSR count). The number of hydrogen-bond acceptors (Lipinski definition) is 5. The van der Waals surface area contributed by atoms with Crippen LogP contribution in [0.5, 0.6) is 6.01 Å². The topological polar surface area (TPSA) is 46.4 Å². The van der Waals surface area contributed by atoms with E-state index in [2.05, 4.69) is 30.9 Å². The summed E-state index contributed by atoms with van der Waals surface area (Å²) >= 11 is 0. The number of aromatic nitrogens is 3. The van der Waals surface area contributed by atoms with Gasteiger partial charge in [-0.3, -0.25) is 4.57 Å². The first-order valence-electron chi connectivity index (χ1n) is 13.4. The molecular formula is C27H40FN5O. The Morgan fingerprint density at radius 2 is 1.85 bits per heavy atom. The minimum atomic E-state index is -1.27. The molecule has 1 aliphatic carbocycles. The molecule has 186 valence electrons. The van der Waals surface area contributed by atoms with Crippen molar-refractivity contribution in [3.05, 3.63) is 30.6 Å². The molecule has 3 fully saturated rings. The Kier molecular flexibility index (Phi) is 7.09. The minimum absolute atomic E-state index is 0.249. The van der Waals surface area contributed by atoms with Gasteiger partial charge in [-0.15, -0.1) is 0 Å². The van der Waals surface area contributed by atoms with Crippen LogP contribution in [0.2, 0.25) is 0 Å². The third-order valence-corrected chi connectivity index (χ3v) is 8.31. The smallest absolute Gasteiger partial charge is 0.298 e. The van der Waals surface area contributed by atoms with Gasteiger partial charge in [-0.25, -0.2) is 9.37 Å². The van der Waals surface area contributed by atoms with Crippen LogP contribution < -0.4 is 4.74 Å². The van der Waals surface area contributed by atoms with Crippen molar-refractivity contribution in [1.29, 1.82) is 0 Å². The summed E-state index contributed by atoms with van der Waals surface area (Å²) in [7, 11) is 0. The van der Waals surface area contributed by atoms with E-state index in [0.29, 0.717) is 31.2 Å². The number of imidazole rings is 1. The third-order valence-electron chi connectivity index (χ3n) is 8.31. The fraction of sp³-hybridized carbons (Fsp3) is 0.704. The molecule has 7 heteroatoms. The first kappa shape index (κ1) is 23.6. The summed E-state index contributed by atoms with van der Waals surface area (Å²) in [6.07, 6.45) is 11.6. The van der Waals surface area contributed by atoms with Gasteiger partial charge in [0.25, 0.3) is 6.01 Å². The fourth-order valence-electron chi connectivity index (χ4n) is 6.26. The summed E-state index contributed by atoms with van der Waals surface area (Å²) in [4.78, 5) is 13.9. The van der Waals surface area contributed by atoms with Gasteiger partial charge in [0.1, 0.15) is 5.52 Å². The van der Waals surface area contributed by atoms with Crippen LogP contribution in [0.3, 0.4) is 0 Å². The molecule has 0 bridgehead atoms. The largest absolute Gasteiger partial charge is 0.465 e. The molecule has 0 N–H and O–H groups in total. The van der Waals surface area contributed by atoms with Crippen LogP contribution in [0.4, 0.5) is 4.39 Å². The molecule has 0 amide bonds. The van der Waals surface area contributed by atoms with Gasteiger partial charge in [0, 0.05) is 50.7 Å². The van der Waals surface area contributed by atoms with Gasteiger partial charge in [0.2, 0.25) is 0 Å². The first-order valence-corrected chi connectivity index (χ1v) is 13.4. The van der Waals surface area contributed by atoms with Crippen LogP contribution in [-0.4, -0.2) is 69.3 Å². The van der Waals surface area contributed by atoms with E-state index in [1.165, 1.54) is 32.1 Å². The van der Waals surface area contributed by atoms with E-state index in [9.17, 15) is 0 Å². The highest BCUT2D eigenvalue weighted by atomic mass is 19.1. The van der Waals surface area contributed by atoms with E-state index in [1.54, 1.807) is 6.20 Å². The second kappa shape index (κ2) is 10.2. The molecule has 2 saturated heterocycles. The number of rotatable bonds is 7. The van der Waals surface area contributed by atoms with Crippen LogP contribution in [0, 0.1) is 5.92 Å². The highest BCUT2D eigenvalue weighted by molar-refractivity contribution is 5.72. The first-order chi connectivity index (χ1) is 16.6. The summed E-state index contributed by atoms with van der Waals surface area (Å²) < 4.78 is 24.0. The van der Waals surface area contributed by atoms with Crippen LogP contribution in [0.1, 0.15) is 70.8 Å². The molecule has 4 heterocycles. The number of halogens is 1. The quantitative estimate of drug-likeness (QED) is 0.546. The van der Waals surface area contributed by atoms with Crippen LogP contribution in [0.25, 0.3) is 11.2 Å². The van der Waals surface area contributed by atoms with E-state index in [1.807, 2.05) is 19.1 Å². The number of ether oxygens (including phenoxy) is 1. The second-order valence-electron chi connectivity index (χ2n) is 10.5. The molecule has 2 aromatic heterocycles. The zero-order chi connectivity index (χ0) is 23.5. The van der Waals surface area contributed by atoms with Gasteiger partial charge in [-0.05, 0) is 63.5 Å². The maximum atomic E-state index is 16.0. The average Bonchev–Trinajstić information content (AvgIpc) is 3.24. The number of pyridine rings is 1. The lowest BCUT2D eigenvalue weighted by atomic mass is 9.86. The number of allylic oxidation sites excluding steroid dienone is 1. The van der Waals surface area contributed by atoms with Crippen LogP contribution in [-0.2, 0) is 0 Å². The average molecular weight is 470 g/mol. The van der Waals surface area contributed by atoms with E-state index in [-0.39, 0.29) is 6.04 Å². The Bertz CT molecular complexity index is 969. The molecule has 2 aliphatic heterocycles. The number of piperidine rings is 2. The molecule has 34 heavy (non-hydrogen) atoms. The number of hydrogen-bond donors (Lipinski definition) is 0. The molecule has 0 radical (unpaired) electrons. The zero-order valence-corrected chi connectivity index (χ0v) is 20.7. The summed E-state index contributed by atoms with van der Waals surface area (Å²) in [6, 6.07) is 4.77. The van der Waals surface area contributed by atoms with Gasteiger partial charge in [-0.1, -0.05) is 25.8 Å². The number of alkyl halides is 1. The van der Waals surface area contributed by atoms with Crippen molar-refractivity contribution in [1.82, 2.24) is 24.3 Å². The third kappa shape index (κ3) is 4.81. The monoisotopic (exact) mass is 469 g/mol. The molecule has 3 aliphatic rings. The van der Waals surface area contributed by atoms with Gasteiger partial charge in [0.15, 0.2) is 11.3 Å². The molecular weight excluding hydrogens is 429 g/mol. The van der Waals surface area contributed by atoms with E-state index in [0.717, 1.165) is 62.6 Å². The normalized spacial score (nSPS) is 22.8. The van der Waals surface area contributed by atoms with E-state index in [4.69, 9.17) is 4.74 Å². The summed E-state index contributed by atoms with van der Waals surface area (Å²) in [5.41, 5.74) is 1.16. The Hall–Kier alpha value is -2.15. The molecule has 0 unspecified atom stereocenters. The lowest BCUT2D eigenvalue weighted by Crippen LogP contribution is -2.48. The second-order valence-corrected chi connectivity index (χ2v) is 10.5. The van der Waals surface area contributed by atoms with Gasteiger partial charge in [0.05, 0.1) is 6.61 Å².